The molecule has 0 radical (unpaired) electrons. The van der Waals surface area contributed by atoms with E-state index in [1.54, 1.807) is 0 Å². The molecule has 1 aliphatic heterocycles. The molecule has 0 spiro atoms. The molecule has 1 fully saturated rings. The van der Waals surface area contributed by atoms with Crippen molar-refractivity contribution in [3.05, 3.63) is 16.5 Å². The Hall–Kier alpha value is -0.870. The molecule has 0 bridgehead atoms. The summed E-state index contributed by atoms with van der Waals surface area (Å²) in [5.74, 6) is 1.59. The summed E-state index contributed by atoms with van der Waals surface area (Å²) < 4.78 is 0. The van der Waals surface area contributed by atoms with Gasteiger partial charge in [0.05, 0.1) is 0 Å². The van der Waals surface area contributed by atoms with Crippen molar-refractivity contribution in [1.29, 1.82) is 0 Å². The second-order valence-electron chi connectivity index (χ2n) is 4.43. The number of nitrogens with one attached hydrogen (secondary N) is 1. The summed E-state index contributed by atoms with van der Waals surface area (Å²) in [4.78, 5) is 10.8. The fraction of sp³-hybridized carbons (Fsp3) is 0.636. The smallest absolute Gasteiger partial charge is 0.137 e. The SMILES string of the molecule is Cc1nc(Cl)c(C)c(NC2CCN(C)C2)n1. The first-order valence-corrected chi connectivity index (χ1v) is 5.90. The van der Waals surface area contributed by atoms with Crippen molar-refractivity contribution in [2.75, 3.05) is 25.5 Å². The molecule has 1 aromatic heterocycles. The molecule has 16 heavy (non-hydrogen) atoms. The van der Waals surface area contributed by atoms with Crippen molar-refractivity contribution in [3.63, 3.8) is 0 Å². The van der Waals surface area contributed by atoms with E-state index in [4.69, 9.17) is 11.6 Å². The van der Waals surface area contributed by atoms with Crippen molar-refractivity contribution >= 4 is 17.4 Å². The van der Waals surface area contributed by atoms with Crippen LogP contribution in [0.1, 0.15) is 17.8 Å². The van der Waals surface area contributed by atoms with Gasteiger partial charge in [-0.1, -0.05) is 11.6 Å². The Kier molecular flexibility index (Phi) is 3.30. The maximum atomic E-state index is 6.03. The summed E-state index contributed by atoms with van der Waals surface area (Å²) in [6.07, 6.45) is 1.15. The van der Waals surface area contributed by atoms with Crippen LogP contribution in [-0.4, -0.2) is 41.0 Å². The minimum Gasteiger partial charge on any atom is -0.366 e. The van der Waals surface area contributed by atoms with E-state index in [0.29, 0.717) is 17.0 Å². The number of rotatable bonds is 2. The number of likely N-dealkylation sites (tertiary alicyclic amines) is 1. The summed E-state index contributed by atoms with van der Waals surface area (Å²) >= 11 is 6.03. The minimum atomic E-state index is 0.467. The van der Waals surface area contributed by atoms with Gasteiger partial charge in [-0.15, -0.1) is 0 Å². The van der Waals surface area contributed by atoms with Crippen LogP contribution in [0.15, 0.2) is 0 Å². The molecular formula is C11H17ClN4. The van der Waals surface area contributed by atoms with Gasteiger partial charge in [-0.2, -0.15) is 0 Å². The van der Waals surface area contributed by atoms with E-state index in [2.05, 4.69) is 27.2 Å². The van der Waals surface area contributed by atoms with Gasteiger partial charge in [-0.25, -0.2) is 9.97 Å². The first-order chi connectivity index (χ1) is 7.56. The zero-order valence-corrected chi connectivity index (χ0v) is 10.7. The van der Waals surface area contributed by atoms with Crippen LogP contribution in [0.5, 0.6) is 0 Å². The standard InChI is InChI=1S/C11H17ClN4/c1-7-10(12)13-8(2)14-11(7)15-9-4-5-16(3)6-9/h9H,4-6H2,1-3H3,(H,13,14,15). The fourth-order valence-electron chi connectivity index (χ4n) is 1.98. The topological polar surface area (TPSA) is 41.1 Å². The van der Waals surface area contributed by atoms with Gasteiger partial charge < -0.3 is 10.2 Å². The third kappa shape index (κ3) is 2.44. The highest BCUT2D eigenvalue weighted by Crippen LogP contribution is 2.21. The number of nitrogens with zero attached hydrogens (tertiary/aromatic N) is 3. The molecule has 2 rings (SSSR count). The van der Waals surface area contributed by atoms with E-state index in [0.717, 1.165) is 30.9 Å². The summed E-state index contributed by atoms with van der Waals surface area (Å²) in [5.41, 5.74) is 0.932. The molecule has 1 aromatic rings. The van der Waals surface area contributed by atoms with Crippen LogP contribution < -0.4 is 5.32 Å². The highest BCUT2D eigenvalue weighted by atomic mass is 35.5. The van der Waals surface area contributed by atoms with E-state index >= 15 is 0 Å². The molecule has 2 heterocycles. The molecule has 1 N–H and O–H groups in total. The van der Waals surface area contributed by atoms with Crippen LogP contribution >= 0.6 is 11.6 Å². The van der Waals surface area contributed by atoms with Gasteiger partial charge in [-0.3, -0.25) is 0 Å². The normalized spacial score (nSPS) is 21.4. The van der Waals surface area contributed by atoms with Crippen LogP contribution in [0.25, 0.3) is 0 Å². The van der Waals surface area contributed by atoms with Crippen LogP contribution in [0.4, 0.5) is 5.82 Å². The number of aryl methyl sites for hydroxylation is 1. The van der Waals surface area contributed by atoms with Gasteiger partial charge in [0.2, 0.25) is 0 Å². The van der Waals surface area contributed by atoms with Crippen molar-refractivity contribution < 1.29 is 0 Å². The molecule has 1 atom stereocenters. The lowest BCUT2D eigenvalue weighted by atomic mass is 10.2. The zero-order valence-electron chi connectivity index (χ0n) is 9.92. The average molecular weight is 241 g/mol. The lowest BCUT2D eigenvalue weighted by Gasteiger charge is -2.16. The monoisotopic (exact) mass is 240 g/mol. The molecule has 0 saturated carbocycles. The predicted molar refractivity (Wildman–Crippen MR) is 66.0 cm³/mol. The molecule has 0 amide bonds. The molecule has 5 heteroatoms. The first kappa shape index (κ1) is 11.6. The van der Waals surface area contributed by atoms with Crippen LogP contribution in [-0.2, 0) is 0 Å². The van der Waals surface area contributed by atoms with E-state index < -0.39 is 0 Å². The van der Waals surface area contributed by atoms with E-state index in [9.17, 15) is 0 Å². The molecule has 0 aromatic carbocycles. The third-order valence-electron chi connectivity index (χ3n) is 2.93. The van der Waals surface area contributed by atoms with Gasteiger partial charge in [0.25, 0.3) is 0 Å². The first-order valence-electron chi connectivity index (χ1n) is 5.52. The Morgan fingerprint density at radius 3 is 2.75 bits per heavy atom. The summed E-state index contributed by atoms with van der Waals surface area (Å²) in [7, 11) is 2.13. The largest absolute Gasteiger partial charge is 0.366 e. The molecular weight excluding hydrogens is 224 g/mol. The van der Waals surface area contributed by atoms with Crippen molar-refractivity contribution in [2.45, 2.75) is 26.3 Å². The van der Waals surface area contributed by atoms with Gasteiger partial charge in [0.1, 0.15) is 16.8 Å². The Labute approximate surface area is 101 Å². The van der Waals surface area contributed by atoms with E-state index in [1.165, 1.54) is 0 Å². The van der Waals surface area contributed by atoms with Gasteiger partial charge in [0.15, 0.2) is 0 Å². The lowest BCUT2D eigenvalue weighted by Crippen LogP contribution is -2.24. The Morgan fingerprint density at radius 1 is 1.38 bits per heavy atom. The Bertz CT molecular complexity index is 394. The van der Waals surface area contributed by atoms with Gasteiger partial charge >= 0.3 is 0 Å². The minimum absolute atomic E-state index is 0.467. The number of halogens is 1. The second-order valence-corrected chi connectivity index (χ2v) is 4.79. The lowest BCUT2D eigenvalue weighted by molar-refractivity contribution is 0.414. The Balaban J connectivity index is 2.15. The number of hydrogen-bond acceptors (Lipinski definition) is 4. The molecule has 1 aliphatic rings. The maximum Gasteiger partial charge on any atom is 0.137 e. The van der Waals surface area contributed by atoms with Crippen LogP contribution in [0.2, 0.25) is 5.15 Å². The van der Waals surface area contributed by atoms with Crippen LogP contribution in [0.3, 0.4) is 0 Å². The van der Waals surface area contributed by atoms with E-state index in [1.807, 2.05) is 13.8 Å². The maximum absolute atomic E-state index is 6.03. The fourth-order valence-corrected chi connectivity index (χ4v) is 2.19. The second kappa shape index (κ2) is 4.55. The molecule has 88 valence electrons. The number of anilines is 1. The van der Waals surface area contributed by atoms with E-state index in [-0.39, 0.29) is 0 Å². The number of aromatic nitrogens is 2. The highest BCUT2D eigenvalue weighted by molar-refractivity contribution is 6.30. The third-order valence-corrected chi connectivity index (χ3v) is 3.30. The van der Waals surface area contributed by atoms with Gasteiger partial charge in [0, 0.05) is 18.2 Å². The highest BCUT2D eigenvalue weighted by Gasteiger charge is 2.20. The zero-order chi connectivity index (χ0) is 11.7. The van der Waals surface area contributed by atoms with Crippen LogP contribution in [0, 0.1) is 13.8 Å². The van der Waals surface area contributed by atoms with Crippen molar-refractivity contribution in [1.82, 2.24) is 14.9 Å². The summed E-state index contributed by atoms with van der Waals surface area (Å²) in [6.45, 7) is 5.99. The summed E-state index contributed by atoms with van der Waals surface area (Å²) in [5, 5.41) is 3.99. The summed E-state index contributed by atoms with van der Waals surface area (Å²) in [6, 6.07) is 0.467. The predicted octanol–water partition coefficient (Wildman–Crippen LogP) is 1.86. The van der Waals surface area contributed by atoms with Crippen molar-refractivity contribution in [2.24, 2.45) is 0 Å². The average Bonchev–Trinajstić information content (AvgIpc) is 2.60. The number of hydrogen-bond donors (Lipinski definition) is 1. The molecule has 1 saturated heterocycles. The Morgan fingerprint density at radius 2 is 2.12 bits per heavy atom. The quantitative estimate of drug-likeness (QED) is 0.802. The van der Waals surface area contributed by atoms with Gasteiger partial charge in [-0.05, 0) is 33.9 Å². The molecule has 4 nitrogen and oxygen atoms in total. The molecule has 0 aliphatic carbocycles. The number of likely N-dealkylation sites (N-methyl/N-ethyl adjacent to an activating group) is 1. The van der Waals surface area contributed by atoms with Crippen molar-refractivity contribution in [3.8, 4) is 0 Å². The molecule has 1 unspecified atom stereocenters.